The molecule has 0 bridgehead atoms. The minimum absolute atomic E-state index is 0.354. The van der Waals surface area contributed by atoms with Gasteiger partial charge in [-0.1, -0.05) is 12.1 Å². The monoisotopic (exact) mass is 225 g/mol. The van der Waals surface area contributed by atoms with E-state index in [1.165, 1.54) is 0 Å². The Morgan fingerprint density at radius 2 is 1.76 bits per heavy atom. The normalized spacial score (nSPS) is 9.35. The molecule has 17 heavy (non-hydrogen) atoms. The number of hydrogen-bond donors (Lipinski definition) is 0. The van der Waals surface area contributed by atoms with Crippen LogP contribution in [-0.4, -0.2) is 6.29 Å². The highest BCUT2D eigenvalue weighted by Crippen LogP contribution is 2.31. The van der Waals surface area contributed by atoms with Gasteiger partial charge >= 0.3 is 5.69 Å². The zero-order valence-corrected chi connectivity index (χ0v) is 8.91. The topological polar surface area (TPSA) is 54.4 Å². The fourth-order valence-corrected chi connectivity index (χ4v) is 1.37. The summed E-state index contributed by atoms with van der Waals surface area (Å²) in [7, 11) is 0. The van der Waals surface area contributed by atoms with Crippen molar-refractivity contribution < 1.29 is 9.53 Å². The molecule has 82 valence electrons. The van der Waals surface area contributed by atoms with Crippen LogP contribution in [-0.2, 0) is 0 Å². The summed E-state index contributed by atoms with van der Waals surface area (Å²) in [5.41, 5.74) is 0.935. The van der Waals surface area contributed by atoms with E-state index < -0.39 is 0 Å². The van der Waals surface area contributed by atoms with E-state index in [2.05, 4.69) is 4.98 Å². The molecule has 2 aromatic rings. The largest absolute Gasteiger partial charge is 0.449 e. The smallest absolute Gasteiger partial charge is 0.426 e. The molecule has 0 saturated carbocycles. The molecule has 2 aromatic carbocycles. The Labute approximate surface area is 98.1 Å². The first-order valence-electron chi connectivity index (χ1n) is 5.00. The molecule has 0 saturated heterocycles. The van der Waals surface area contributed by atoms with Crippen molar-refractivity contribution in [1.82, 2.24) is 0 Å². The van der Waals surface area contributed by atoms with Gasteiger partial charge in [-0.05, 0) is 30.3 Å². The van der Waals surface area contributed by atoms with E-state index in [1.54, 1.807) is 48.5 Å². The zero-order valence-electron chi connectivity index (χ0n) is 8.91. The third kappa shape index (κ3) is 2.47. The van der Waals surface area contributed by atoms with Crippen molar-refractivity contribution in [3.05, 3.63) is 59.1 Å². The summed E-state index contributed by atoms with van der Waals surface area (Å²) in [6.07, 6.45) is 0.765. The third-order valence-electron chi connectivity index (χ3n) is 2.22. The number of nitrogens with zero attached hydrogens (tertiary/aromatic N) is 2. The first kappa shape index (κ1) is 10.8. The van der Waals surface area contributed by atoms with Gasteiger partial charge in [0, 0.05) is 11.6 Å². The maximum absolute atomic E-state index is 10.5. The second-order valence-corrected chi connectivity index (χ2v) is 3.36. The highest BCUT2D eigenvalue weighted by Gasteiger charge is 2.13. The molecule has 2 rings (SSSR count). The second-order valence-electron chi connectivity index (χ2n) is 3.36. The maximum atomic E-state index is 10.5. The van der Waals surface area contributed by atoms with E-state index in [0.29, 0.717) is 22.7 Å². The minimum atomic E-state index is 0.354. The molecule has 0 aliphatic heterocycles. The molecular formula is C13H9N2O2+. The summed E-state index contributed by atoms with van der Waals surface area (Å²) in [6, 6.07) is 13.5. The number of para-hydroxylation sites is 1. The number of benzene rings is 2. The Kier molecular flexibility index (Phi) is 3.13. The fraction of sp³-hybridized carbons (Fsp3) is 0. The van der Waals surface area contributed by atoms with Gasteiger partial charge in [0.15, 0.2) is 4.98 Å². The molecule has 0 N–H and O–H groups in total. The van der Waals surface area contributed by atoms with Gasteiger partial charge in [-0.2, -0.15) is 0 Å². The van der Waals surface area contributed by atoms with Crippen molar-refractivity contribution in [2.45, 2.75) is 0 Å². The Morgan fingerprint density at radius 1 is 1.06 bits per heavy atom. The number of aldehydes is 1. The van der Waals surface area contributed by atoms with E-state index in [9.17, 15) is 4.79 Å². The highest BCUT2D eigenvalue weighted by molar-refractivity contribution is 5.74. The molecule has 0 aliphatic rings. The number of carbonyl (C=O) groups excluding carboxylic acids is 1. The molecule has 4 nitrogen and oxygen atoms in total. The van der Waals surface area contributed by atoms with Crippen molar-refractivity contribution in [3.8, 4) is 11.5 Å². The lowest BCUT2D eigenvalue weighted by molar-refractivity contribution is 0.112. The van der Waals surface area contributed by atoms with E-state index in [-0.39, 0.29) is 0 Å². The van der Waals surface area contributed by atoms with Gasteiger partial charge in [-0.25, -0.2) is 0 Å². The summed E-state index contributed by atoms with van der Waals surface area (Å²) in [5.74, 6) is 1.03. The molecule has 0 spiro atoms. The summed E-state index contributed by atoms with van der Waals surface area (Å²) in [5, 5.41) is 8.78. The van der Waals surface area contributed by atoms with E-state index in [4.69, 9.17) is 10.1 Å². The van der Waals surface area contributed by atoms with Crippen LogP contribution in [0.2, 0.25) is 0 Å². The molecule has 0 unspecified atom stereocenters. The second kappa shape index (κ2) is 4.90. The predicted molar refractivity (Wildman–Crippen MR) is 63.1 cm³/mol. The van der Waals surface area contributed by atoms with Gasteiger partial charge in [-0.15, -0.1) is 0 Å². The lowest BCUT2D eigenvalue weighted by Crippen LogP contribution is -1.85. The van der Waals surface area contributed by atoms with Crippen LogP contribution in [0.1, 0.15) is 10.4 Å². The molecule has 0 fully saturated rings. The summed E-state index contributed by atoms with van der Waals surface area (Å²) < 4.78 is 5.53. The van der Waals surface area contributed by atoms with Crippen molar-refractivity contribution >= 4 is 12.0 Å². The summed E-state index contributed by atoms with van der Waals surface area (Å²) >= 11 is 0. The predicted octanol–water partition coefficient (Wildman–Crippen LogP) is 3.78. The Hall–Kier alpha value is -2.67. The van der Waals surface area contributed by atoms with Crippen molar-refractivity contribution in [2.24, 2.45) is 0 Å². The van der Waals surface area contributed by atoms with Gasteiger partial charge in [0.2, 0.25) is 11.1 Å². The van der Waals surface area contributed by atoms with Gasteiger partial charge < -0.3 is 4.74 Å². The Balaban J connectivity index is 2.25. The molecule has 0 amide bonds. The number of hydrogen-bond acceptors (Lipinski definition) is 3. The van der Waals surface area contributed by atoms with Crippen LogP contribution < -0.4 is 4.74 Å². The minimum Gasteiger partial charge on any atom is -0.449 e. The van der Waals surface area contributed by atoms with Crippen LogP contribution in [0.25, 0.3) is 4.98 Å². The number of carbonyl (C=O) groups is 1. The molecule has 0 aromatic heterocycles. The first-order chi connectivity index (χ1) is 8.33. The molecule has 0 aliphatic carbocycles. The highest BCUT2D eigenvalue weighted by atomic mass is 16.5. The van der Waals surface area contributed by atoms with E-state index in [1.807, 2.05) is 0 Å². The SMILES string of the molecule is N#[N+]c1ccccc1Oc1ccc(C=O)cc1. The van der Waals surface area contributed by atoms with Crippen LogP contribution in [0.3, 0.4) is 0 Å². The van der Waals surface area contributed by atoms with Gasteiger partial charge in [0.25, 0.3) is 0 Å². The van der Waals surface area contributed by atoms with Gasteiger partial charge in [-0.3, -0.25) is 4.79 Å². The van der Waals surface area contributed by atoms with Crippen LogP contribution in [0.15, 0.2) is 48.5 Å². The average Bonchev–Trinajstić information content (AvgIpc) is 2.40. The first-order valence-corrected chi connectivity index (χ1v) is 5.00. The lowest BCUT2D eigenvalue weighted by atomic mass is 10.2. The molecular weight excluding hydrogens is 216 g/mol. The van der Waals surface area contributed by atoms with Crippen molar-refractivity contribution in [1.29, 1.82) is 5.39 Å². The number of ether oxygens (including phenoxy) is 1. The van der Waals surface area contributed by atoms with Gasteiger partial charge in [0.1, 0.15) is 12.0 Å². The zero-order chi connectivity index (χ0) is 12.1. The number of diazo groups is 1. The van der Waals surface area contributed by atoms with Gasteiger partial charge in [0.05, 0.1) is 0 Å². The molecule has 4 heteroatoms. The summed E-state index contributed by atoms with van der Waals surface area (Å²) in [4.78, 5) is 13.6. The summed E-state index contributed by atoms with van der Waals surface area (Å²) in [6.45, 7) is 0. The van der Waals surface area contributed by atoms with Crippen LogP contribution >= 0.6 is 0 Å². The fourth-order valence-electron chi connectivity index (χ4n) is 1.37. The van der Waals surface area contributed by atoms with E-state index in [0.717, 1.165) is 6.29 Å². The Morgan fingerprint density at radius 3 is 2.41 bits per heavy atom. The number of rotatable bonds is 3. The quantitative estimate of drug-likeness (QED) is 0.590. The molecule has 0 heterocycles. The molecule has 0 atom stereocenters. The van der Waals surface area contributed by atoms with Crippen molar-refractivity contribution in [3.63, 3.8) is 0 Å². The standard InChI is InChI=1S/C13H9N2O2/c14-15-12-3-1-2-4-13(12)17-11-7-5-10(9-16)6-8-11/h1-9H/q+1. The van der Waals surface area contributed by atoms with Crippen LogP contribution in [0.4, 0.5) is 5.69 Å². The van der Waals surface area contributed by atoms with E-state index >= 15 is 0 Å². The average molecular weight is 225 g/mol. The lowest BCUT2D eigenvalue weighted by Gasteiger charge is -2.02. The maximum Gasteiger partial charge on any atom is 0.426 e. The van der Waals surface area contributed by atoms with Crippen LogP contribution in [0, 0.1) is 5.39 Å². The van der Waals surface area contributed by atoms with Crippen LogP contribution in [0.5, 0.6) is 11.5 Å². The molecule has 0 radical (unpaired) electrons. The van der Waals surface area contributed by atoms with Crippen molar-refractivity contribution in [2.75, 3.05) is 0 Å². The third-order valence-corrected chi connectivity index (χ3v) is 2.22. The Bertz CT molecular complexity index is 571.